The number of benzene rings is 1. The number of fused-ring (bicyclic) bond motifs is 1. The van der Waals surface area contributed by atoms with E-state index in [9.17, 15) is 8.42 Å². The number of rotatable bonds is 4. The van der Waals surface area contributed by atoms with Crippen molar-refractivity contribution in [2.45, 2.75) is 4.90 Å². The van der Waals surface area contributed by atoms with Crippen molar-refractivity contribution in [2.75, 3.05) is 4.72 Å². The van der Waals surface area contributed by atoms with Gasteiger partial charge in [0.25, 0.3) is 10.0 Å². The molecular formula is C15H11N5O3S. The minimum atomic E-state index is -3.70. The van der Waals surface area contributed by atoms with Crippen molar-refractivity contribution >= 4 is 26.8 Å². The molecule has 3 heterocycles. The highest BCUT2D eigenvalue weighted by Gasteiger charge is 2.16. The van der Waals surface area contributed by atoms with Crippen LogP contribution in [0.3, 0.4) is 0 Å². The van der Waals surface area contributed by atoms with E-state index < -0.39 is 10.0 Å². The molecule has 0 bridgehead atoms. The number of hydrogen-bond donors (Lipinski definition) is 2. The fourth-order valence-corrected chi connectivity index (χ4v) is 3.14. The Hall–Kier alpha value is -3.20. The van der Waals surface area contributed by atoms with E-state index in [1.807, 2.05) is 6.07 Å². The van der Waals surface area contributed by atoms with Gasteiger partial charge in [0.05, 0.1) is 11.9 Å². The third-order valence-corrected chi connectivity index (χ3v) is 4.66. The Morgan fingerprint density at radius 2 is 2.08 bits per heavy atom. The van der Waals surface area contributed by atoms with E-state index in [-0.39, 0.29) is 4.90 Å². The van der Waals surface area contributed by atoms with Crippen LogP contribution in [0, 0.1) is 0 Å². The molecule has 8 nitrogen and oxygen atoms in total. The molecule has 9 heteroatoms. The number of pyridine rings is 1. The Labute approximate surface area is 136 Å². The van der Waals surface area contributed by atoms with Gasteiger partial charge in [-0.25, -0.2) is 13.4 Å². The molecule has 0 amide bonds. The molecule has 0 aliphatic carbocycles. The van der Waals surface area contributed by atoms with Gasteiger partial charge in [0.1, 0.15) is 16.1 Å². The number of anilines is 1. The number of aromatic nitrogens is 4. The molecule has 0 fully saturated rings. The fraction of sp³-hybridized carbons (Fsp3) is 0. The van der Waals surface area contributed by atoms with Gasteiger partial charge in [-0.1, -0.05) is 6.07 Å². The Morgan fingerprint density at radius 1 is 1.17 bits per heavy atom. The summed E-state index contributed by atoms with van der Waals surface area (Å²) in [6, 6.07) is 10.3. The average Bonchev–Trinajstić information content (AvgIpc) is 3.25. The van der Waals surface area contributed by atoms with Crippen molar-refractivity contribution in [1.82, 2.24) is 20.2 Å². The van der Waals surface area contributed by atoms with E-state index in [0.29, 0.717) is 28.4 Å². The van der Waals surface area contributed by atoms with E-state index in [2.05, 4.69) is 24.9 Å². The molecule has 3 aromatic heterocycles. The number of H-pyrrole nitrogens is 1. The molecule has 0 saturated heterocycles. The van der Waals surface area contributed by atoms with Gasteiger partial charge >= 0.3 is 0 Å². The third-order valence-electron chi connectivity index (χ3n) is 3.31. The van der Waals surface area contributed by atoms with Gasteiger partial charge in [-0.05, 0) is 24.3 Å². The SMILES string of the molecule is O=S(=O)(Nc1ccc2nc(-c3ccccn3)oc2c1)c1cn[nH]c1. The maximum absolute atomic E-state index is 12.2. The monoisotopic (exact) mass is 341 g/mol. The summed E-state index contributed by atoms with van der Waals surface area (Å²) >= 11 is 0. The zero-order chi connectivity index (χ0) is 16.6. The van der Waals surface area contributed by atoms with E-state index in [1.54, 1.807) is 36.5 Å². The van der Waals surface area contributed by atoms with Gasteiger partial charge < -0.3 is 4.42 Å². The van der Waals surface area contributed by atoms with Crippen molar-refractivity contribution in [2.24, 2.45) is 0 Å². The van der Waals surface area contributed by atoms with Gasteiger partial charge in [0, 0.05) is 18.5 Å². The second-order valence-corrected chi connectivity index (χ2v) is 6.64. The average molecular weight is 341 g/mol. The quantitative estimate of drug-likeness (QED) is 0.589. The lowest BCUT2D eigenvalue weighted by molar-refractivity contribution is 0.601. The zero-order valence-corrected chi connectivity index (χ0v) is 13.0. The van der Waals surface area contributed by atoms with Crippen molar-refractivity contribution < 1.29 is 12.8 Å². The third kappa shape index (κ3) is 2.61. The molecule has 0 radical (unpaired) electrons. The first-order chi connectivity index (χ1) is 11.6. The molecule has 0 atom stereocenters. The van der Waals surface area contributed by atoms with Crippen LogP contribution in [0.25, 0.3) is 22.7 Å². The summed E-state index contributed by atoms with van der Waals surface area (Å²) in [5.74, 6) is 0.375. The molecule has 24 heavy (non-hydrogen) atoms. The van der Waals surface area contributed by atoms with Crippen molar-refractivity contribution in [3.63, 3.8) is 0 Å². The summed E-state index contributed by atoms with van der Waals surface area (Å²) in [6.45, 7) is 0. The molecule has 4 rings (SSSR count). The second kappa shape index (κ2) is 5.46. The zero-order valence-electron chi connectivity index (χ0n) is 12.2. The molecule has 0 unspecified atom stereocenters. The van der Waals surface area contributed by atoms with E-state index in [1.165, 1.54) is 12.4 Å². The van der Waals surface area contributed by atoms with Crippen LogP contribution in [0.4, 0.5) is 5.69 Å². The standard InChI is InChI=1S/C15H11N5O3S/c21-24(22,11-8-17-18-9-11)20-10-4-5-12-14(7-10)23-15(19-12)13-3-1-2-6-16-13/h1-9,20H,(H,17,18). The van der Waals surface area contributed by atoms with Crippen LogP contribution in [-0.2, 0) is 10.0 Å². The largest absolute Gasteiger partial charge is 0.435 e. The molecular weight excluding hydrogens is 330 g/mol. The van der Waals surface area contributed by atoms with E-state index in [0.717, 1.165) is 0 Å². The minimum absolute atomic E-state index is 0.0503. The fourth-order valence-electron chi connectivity index (χ4n) is 2.19. The highest BCUT2D eigenvalue weighted by molar-refractivity contribution is 7.92. The van der Waals surface area contributed by atoms with Gasteiger partial charge in [0.15, 0.2) is 5.58 Å². The first-order valence-corrected chi connectivity index (χ1v) is 8.44. The molecule has 120 valence electrons. The Bertz CT molecular complexity index is 1090. The van der Waals surface area contributed by atoms with E-state index in [4.69, 9.17) is 4.42 Å². The predicted octanol–water partition coefficient (Wildman–Crippen LogP) is 2.41. The molecule has 4 aromatic rings. The molecule has 0 spiro atoms. The molecule has 0 aliphatic rings. The van der Waals surface area contributed by atoms with Gasteiger partial charge in [-0.3, -0.25) is 14.8 Å². The van der Waals surface area contributed by atoms with Crippen LogP contribution in [0.2, 0.25) is 0 Å². The van der Waals surface area contributed by atoms with Crippen LogP contribution in [0.1, 0.15) is 0 Å². The lowest BCUT2D eigenvalue weighted by Gasteiger charge is -2.05. The van der Waals surface area contributed by atoms with Crippen LogP contribution in [0.15, 0.2) is 64.3 Å². The maximum Gasteiger partial charge on any atom is 0.265 e. The van der Waals surface area contributed by atoms with Crippen LogP contribution in [-0.4, -0.2) is 28.6 Å². The van der Waals surface area contributed by atoms with Crippen LogP contribution in [0.5, 0.6) is 0 Å². The van der Waals surface area contributed by atoms with Crippen LogP contribution >= 0.6 is 0 Å². The summed E-state index contributed by atoms with van der Waals surface area (Å²) in [4.78, 5) is 8.58. The number of oxazole rings is 1. The molecule has 0 aliphatic heterocycles. The predicted molar refractivity (Wildman–Crippen MR) is 86.6 cm³/mol. The van der Waals surface area contributed by atoms with Gasteiger partial charge in [0.2, 0.25) is 5.89 Å². The van der Waals surface area contributed by atoms with Crippen molar-refractivity contribution in [3.8, 4) is 11.6 Å². The number of nitrogens with zero attached hydrogens (tertiary/aromatic N) is 3. The number of sulfonamides is 1. The van der Waals surface area contributed by atoms with Crippen molar-refractivity contribution in [1.29, 1.82) is 0 Å². The topological polar surface area (TPSA) is 114 Å². The molecule has 2 N–H and O–H groups in total. The minimum Gasteiger partial charge on any atom is -0.435 e. The number of aromatic amines is 1. The highest BCUT2D eigenvalue weighted by atomic mass is 32.2. The summed E-state index contributed by atoms with van der Waals surface area (Å²) in [7, 11) is -3.70. The summed E-state index contributed by atoms with van der Waals surface area (Å²) < 4.78 is 32.5. The highest BCUT2D eigenvalue weighted by Crippen LogP contribution is 2.26. The molecule has 1 aromatic carbocycles. The van der Waals surface area contributed by atoms with Gasteiger partial charge in [-0.15, -0.1) is 0 Å². The van der Waals surface area contributed by atoms with Gasteiger partial charge in [-0.2, -0.15) is 5.10 Å². The normalized spacial score (nSPS) is 11.7. The first kappa shape index (κ1) is 14.4. The Balaban J connectivity index is 1.69. The Kier molecular flexibility index (Phi) is 3.28. The second-order valence-electron chi connectivity index (χ2n) is 4.96. The number of nitrogens with one attached hydrogen (secondary N) is 2. The first-order valence-electron chi connectivity index (χ1n) is 6.95. The van der Waals surface area contributed by atoms with Crippen LogP contribution < -0.4 is 4.72 Å². The van der Waals surface area contributed by atoms with E-state index >= 15 is 0 Å². The lowest BCUT2D eigenvalue weighted by Crippen LogP contribution is -2.11. The maximum atomic E-state index is 12.2. The smallest absolute Gasteiger partial charge is 0.265 e. The Morgan fingerprint density at radius 3 is 2.83 bits per heavy atom. The number of hydrogen-bond acceptors (Lipinski definition) is 6. The van der Waals surface area contributed by atoms with Crippen molar-refractivity contribution in [3.05, 3.63) is 55.0 Å². The molecule has 0 saturated carbocycles. The summed E-state index contributed by atoms with van der Waals surface area (Å²) in [5.41, 5.74) is 2.05. The summed E-state index contributed by atoms with van der Waals surface area (Å²) in [5, 5.41) is 6.11. The summed E-state index contributed by atoms with van der Waals surface area (Å²) in [6.07, 6.45) is 4.18. The lowest BCUT2D eigenvalue weighted by atomic mass is 10.3.